The van der Waals surface area contributed by atoms with E-state index in [1.165, 1.54) is 12.1 Å². The van der Waals surface area contributed by atoms with Crippen molar-refractivity contribution in [2.75, 3.05) is 6.54 Å². The smallest absolute Gasteiger partial charge is 0.211 e. The third-order valence-electron chi connectivity index (χ3n) is 1.56. The Morgan fingerprint density at radius 2 is 2.15 bits per heavy atom. The molecule has 0 aliphatic rings. The lowest BCUT2D eigenvalue weighted by atomic mass is 10.2. The summed E-state index contributed by atoms with van der Waals surface area (Å²) in [6.45, 7) is 3.85. The Bertz CT molecular complexity index is 428. The van der Waals surface area contributed by atoms with Crippen molar-refractivity contribution >= 4 is 10.0 Å². The normalized spacial score (nSPS) is 12.6. The summed E-state index contributed by atoms with van der Waals surface area (Å²) in [6, 6.07) is 4.70. The average Bonchev–Trinajstić information content (AvgIpc) is 2.02. The molecule has 0 bridgehead atoms. The van der Waals surface area contributed by atoms with Crippen LogP contribution < -0.4 is 4.72 Å². The first kappa shape index (κ1) is 8.72. The first-order valence-corrected chi connectivity index (χ1v) is 5.52. The highest BCUT2D eigenvalue weighted by Gasteiger charge is 2.10. The van der Waals surface area contributed by atoms with E-state index in [0.29, 0.717) is 6.54 Å². The van der Waals surface area contributed by atoms with Crippen molar-refractivity contribution in [1.82, 2.24) is 4.72 Å². The highest BCUT2D eigenvalue weighted by Crippen LogP contribution is 2.09. The molecule has 0 fully saturated rings. The van der Waals surface area contributed by atoms with E-state index < -0.39 is 10.0 Å². The maximum Gasteiger partial charge on any atom is 0.240 e. The summed E-state index contributed by atoms with van der Waals surface area (Å²) in [7, 11) is -3.50. The minimum absolute atomic E-state index is 0.0324. The molecule has 3 nitrogen and oxygen atoms in total. The van der Waals surface area contributed by atoms with Gasteiger partial charge in [0.25, 0.3) is 0 Å². The van der Waals surface area contributed by atoms with Crippen molar-refractivity contribution in [3.8, 4) is 0 Å². The zero-order valence-corrected chi connectivity index (χ0v) is 8.48. The van der Waals surface area contributed by atoms with E-state index in [9.17, 15) is 8.42 Å². The van der Waals surface area contributed by atoms with Gasteiger partial charge < -0.3 is 0 Å². The van der Waals surface area contributed by atoms with Gasteiger partial charge in [-0.15, -0.1) is 0 Å². The summed E-state index contributed by atoms with van der Waals surface area (Å²) in [6.07, 6.45) is 0. The molecule has 4 heteroatoms. The van der Waals surface area contributed by atoms with Crippen molar-refractivity contribution in [2.24, 2.45) is 0 Å². The van der Waals surface area contributed by atoms with Crippen LogP contribution in [0.3, 0.4) is 0 Å². The average molecular weight is 200 g/mol. The third kappa shape index (κ3) is 2.54. The minimum Gasteiger partial charge on any atom is -0.211 e. The van der Waals surface area contributed by atoms with Crippen molar-refractivity contribution in [3.05, 3.63) is 29.8 Å². The van der Waals surface area contributed by atoms with E-state index in [-0.39, 0.29) is 10.9 Å². The number of aryl methyl sites for hydroxylation is 1. The van der Waals surface area contributed by atoms with E-state index in [4.69, 9.17) is 1.37 Å². The van der Waals surface area contributed by atoms with Gasteiger partial charge >= 0.3 is 0 Å². The van der Waals surface area contributed by atoms with E-state index in [1.807, 2.05) is 6.92 Å². The minimum atomic E-state index is -3.50. The second-order valence-electron chi connectivity index (χ2n) is 2.73. The Labute approximate surface area is 80.2 Å². The van der Waals surface area contributed by atoms with Crippen LogP contribution in [0.4, 0.5) is 0 Å². The van der Waals surface area contributed by atoms with Gasteiger partial charge in [-0.3, -0.25) is 0 Å². The molecule has 72 valence electrons. The Balaban J connectivity index is 3.20. The standard InChI is InChI=1S/C9H13NO2S/c1-3-10-13(11,12)9-6-4-8(2)5-7-9/h4-7,10H,3H2,1-2H3/i6D. The van der Waals surface area contributed by atoms with E-state index in [1.54, 1.807) is 13.0 Å². The Morgan fingerprint density at radius 3 is 2.69 bits per heavy atom. The van der Waals surface area contributed by atoms with Gasteiger partial charge in [0.05, 0.1) is 6.27 Å². The first-order valence-electron chi connectivity index (χ1n) is 4.54. The molecule has 1 aromatic carbocycles. The molecule has 0 atom stereocenters. The highest BCUT2D eigenvalue weighted by atomic mass is 32.2. The van der Waals surface area contributed by atoms with Crippen LogP contribution in [0, 0.1) is 6.92 Å². The summed E-state index contributed by atoms with van der Waals surface area (Å²) in [5.74, 6) is 0. The van der Waals surface area contributed by atoms with Crippen molar-refractivity contribution in [1.29, 1.82) is 0 Å². The molecule has 0 aromatic heterocycles. The predicted octanol–water partition coefficient (Wildman–Crippen LogP) is 1.29. The summed E-state index contributed by atoms with van der Waals surface area (Å²) in [5.41, 5.74) is 0.880. The molecule has 0 aliphatic carbocycles. The monoisotopic (exact) mass is 200 g/mol. The summed E-state index contributed by atoms with van der Waals surface area (Å²) in [5, 5.41) is 0. The lowest BCUT2D eigenvalue weighted by Crippen LogP contribution is -2.22. The summed E-state index contributed by atoms with van der Waals surface area (Å²) >= 11 is 0. The molecule has 1 aromatic rings. The Kier molecular flexibility index (Phi) is 2.61. The van der Waals surface area contributed by atoms with Gasteiger partial charge in [0.2, 0.25) is 10.0 Å². The third-order valence-corrected chi connectivity index (χ3v) is 3.07. The fourth-order valence-corrected chi connectivity index (χ4v) is 1.92. The van der Waals surface area contributed by atoms with Crippen LogP contribution in [-0.4, -0.2) is 15.0 Å². The lowest BCUT2D eigenvalue weighted by Gasteiger charge is -2.03. The molecule has 0 amide bonds. The zero-order valence-electron chi connectivity index (χ0n) is 8.66. The van der Waals surface area contributed by atoms with Crippen molar-refractivity contribution in [2.45, 2.75) is 18.7 Å². The number of benzene rings is 1. The predicted molar refractivity (Wildman–Crippen MR) is 52.0 cm³/mol. The quantitative estimate of drug-likeness (QED) is 0.799. The summed E-state index contributed by atoms with van der Waals surface area (Å²) < 4.78 is 32.9. The molecule has 0 heterocycles. The molecule has 13 heavy (non-hydrogen) atoms. The summed E-state index contributed by atoms with van der Waals surface area (Å²) in [4.78, 5) is 0.0324. The number of hydrogen-bond acceptors (Lipinski definition) is 2. The first-order chi connectivity index (χ1) is 6.47. The number of nitrogens with one attached hydrogen (secondary N) is 1. The molecule has 0 saturated carbocycles. The van der Waals surface area contributed by atoms with Crippen LogP contribution in [0.1, 0.15) is 13.9 Å². The van der Waals surface area contributed by atoms with E-state index >= 15 is 0 Å². The van der Waals surface area contributed by atoms with Crippen LogP contribution in [0.25, 0.3) is 0 Å². The van der Waals surface area contributed by atoms with Crippen molar-refractivity contribution in [3.63, 3.8) is 0 Å². The molecule has 1 N–H and O–H groups in total. The van der Waals surface area contributed by atoms with Crippen LogP contribution in [-0.2, 0) is 10.0 Å². The highest BCUT2D eigenvalue weighted by molar-refractivity contribution is 7.89. The zero-order chi connectivity index (χ0) is 10.8. The maximum atomic E-state index is 11.5. The van der Waals surface area contributed by atoms with Gasteiger partial charge in [-0.25, -0.2) is 13.1 Å². The molecule has 0 radical (unpaired) electrons. The number of hydrogen-bond donors (Lipinski definition) is 1. The van der Waals surface area contributed by atoms with Gasteiger partial charge in [-0.1, -0.05) is 24.6 Å². The maximum absolute atomic E-state index is 11.5. The largest absolute Gasteiger partial charge is 0.240 e. The number of rotatable bonds is 3. The Morgan fingerprint density at radius 1 is 1.46 bits per heavy atom. The van der Waals surface area contributed by atoms with Gasteiger partial charge in [-0.05, 0) is 19.0 Å². The van der Waals surface area contributed by atoms with Crippen LogP contribution in [0.15, 0.2) is 29.1 Å². The van der Waals surface area contributed by atoms with E-state index in [0.717, 1.165) is 5.56 Å². The lowest BCUT2D eigenvalue weighted by molar-refractivity contribution is 0.584. The van der Waals surface area contributed by atoms with Crippen LogP contribution in [0.5, 0.6) is 0 Å². The second kappa shape index (κ2) is 3.89. The van der Waals surface area contributed by atoms with Gasteiger partial charge in [0, 0.05) is 6.54 Å². The molecule has 0 saturated heterocycles. The van der Waals surface area contributed by atoms with E-state index in [2.05, 4.69) is 4.72 Å². The van der Waals surface area contributed by atoms with Crippen LogP contribution >= 0.6 is 0 Å². The van der Waals surface area contributed by atoms with Gasteiger partial charge in [0.1, 0.15) is 0 Å². The van der Waals surface area contributed by atoms with Gasteiger partial charge in [-0.2, -0.15) is 0 Å². The molecule has 1 rings (SSSR count). The fraction of sp³-hybridized carbons (Fsp3) is 0.333. The molecule has 0 unspecified atom stereocenters. The van der Waals surface area contributed by atoms with Crippen LogP contribution in [0.2, 0.25) is 0 Å². The molecule has 0 aliphatic heterocycles. The second-order valence-corrected chi connectivity index (χ2v) is 4.47. The van der Waals surface area contributed by atoms with Crippen molar-refractivity contribution < 1.29 is 9.79 Å². The fourth-order valence-electron chi connectivity index (χ4n) is 0.923. The topological polar surface area (TPSA) is 46.2 Å². The SMILES string of the molecule is [2H]c1cc(C)ccc1S(=O)(=O)NCC. The molecular formula is C9H13NO2S. The molecule has 0 spiro atoms. The molecular weight excluding hydrogens is 186 g/mol. The van der Waals surface area contributed by atoms with Gasteiger partial charge in [0.15, 0.2) is 0 Å². The Hall–Kier alpha value is -0.870. The number of sulfonamides is 1.